The summed E-state index contributed by atoms with van der Waals surface area (Å²) in [4.78, 5) is 0. The van der Waals surface area contributed by atoms with Crippen molar-refractivity contribution in [1.82, 2.24) is 0 Å². The minimum atomic E-state index is 0. The van der Waals surface area contributed by atoms with Gasteiger partial charge in [-0.25, -0.2) is 0 Å². The van der Waals surface area contributed by atoms with Gasteiger partial charge < -0.3 is 10.6 Å². The maximum absolute atomic E-state index is 9.30. The Hall–Kier alpha value is 1.18. The van der Waals surface area contributed by atoms with Gasteiger partial charge in [0.05, 0.1) is 0 Å². The quantitative estimate of drug-likeness (QED) is 0.421. The van der Waals surface area contributed by atoms with Crippen LogP contribution in [0.15, 0.2) is 0 Å². The fourth-order valence-electron chi connectivity index (χ4n) is 0. The van der Waals surface area contributed by atoms with Gasteiger partial charge in [0, 0.05) is 0 Å². The fraction of sp³-hybridized carbons (Fsp3) is 1.00. The van der Waals surface area contributed by atoms with Crippen LogP contribution in [0.5, 0.6) is 0 Å². The van der Waals surface area contributed by atoms with E-state index in [1.165, 1.54) is 0 Å². The Kier molecular flexibility index (Phi) is 42.9. The third kappa shape index (κ3) is 19.0. The molecule has 0 aliphatic heterocycles. The van der Waals surface area contributed by atoms with Crippen molar-refractivity contribution in [3.63, 3.8) is 0 Å². The first-order valence-corrected chi connectivity index (χ1v) is 1.50. The molecule has 6 heavy (non-hydrogen) atoms. The molecular weight excluding hydrogens is 108 g/mol. The second-order valence-electron chi connectivity index (χ2n) is 0.704. The first-order chi connectivity index (χ1) is 1.91. The third-order valence-electron chi connectivity index (χ3n) is 0.204. The van der Waals surface area contributed by atoms with Crippen LogP contribution < -0.4 is 5.11 Å². The molecular formula is C3H8CaO2. The number of hydrogen-bond acceptors (Lipinski definition) is 2. The van der Waals surface area contributed by atoms with Gasteiger partial charge in [0.25, 0.3) is 0 Å². The zero-order valence-corrected chi connectivity index (χ0v) is 6.19. The summed E-state index contributed by atoms with van der Waals surface area (Å²) in [5, 5.41) is 9.30. The summed E-state index contributed by atoms with van der Waals surface area (Å²) in [6.45, 7) is 1.94. The molecule has 0 radical (unpaired) electrons. The molecule has 0 rings (SSSR count). The van der Waals surface area contributed by atoms with Crippen molar-refractivity contribution in [1.29, 1.82) is 0 Å². The summed E-state index contributed by atoms with van der Waals surface area (Å²) in [6.07, 6.45) is 0.764. The Bertz CT molecular complexity index is 10.8. The first kappa shape index (κ1) is 15.7. The van der Waals surface area contributed by atoms with Gasteiger partial charge >= 0.3 is 37.7 Å². The topological polar surface area (TPSA) is 53.1 Å². The largest absolute Gasteiger partial charge is 2.00 e. The van der Waals surface area contributed by atoms with Gasteiger partial charge in [0.1, 0.15) is 0 Å². The van der Waals surface area contributed by atoms with Gasteiger partial charge in [0.15, 0.2) is 0 Å². The maximum atomic E-state index is 9.30. The molecule has 2 nitrogen and oxygen atoms in total. The standard InChI is InChI=1S/C3H7O.Ca.H2O/c1-2-3-4;;/h2-3H2,1H3;;1H2/q-1;+2;/p-1. The Balaban J connectivity index is -0.0000000450. The van der Waals surface area contributed by atoms with Crippen LogP contribution in [-0.4, -0.2) is 49.8 Å². The Morgan fingerprint density at radius 2 is 1.67 bits per heavy atom. The summed E-state index contributed by atoms with van der Waals surface area (Å²) in [5.41, 5.74) is 0. The molecule has 0 aromatic heterocycles. The minimum Gasteiger partial charge on any atom is -0.870 e. The molecule has 0 atom stereocenters. The molecule has 34 valence electrons. The molecule has 3 heteroatoms. The smallest absolute Gasteiger partial charge is 0.870 e. The first-order valence-electron chi connectivity index (χ1n) is 1.50. The van der Waals surface area contributed by atoms with Crippen LogP contribution in [0, 0.1) is 0 Å². The van der Waals surface area contributed by atoms with Crippen molar-refractivity contribution < 1.29 is 10.6 Å². The summed E-state index contributed by atoms with van der Waals surface area (Å²) in [6, 6.07) is 0. The van der Waals surface area contributed by atoms with Crippen LogP contribution in [-0.2, 0) is 0 Å². The van der Waals surface area contributed by atoms with Crippen LogP contribution in [0.25, 0.3) is 0 Å². The fourth-order valence-corrected chi connectivity index (χ4v) is 0. The molecule has 0 heterocycles. The third-order valence-corrected chi connectivity index (χ3v) is 0.204. The summed E-state index contributed by atoms with van der Waals surface area (Å²) in [5.74, 6) is 0. The van der Waals surface area contributed by atoms with E-state index < -0.39 is 0 Å². The van der Waals surface area contributed by atoms with E-state index in [9.17, 15) is 5.11 Å². The Labute approximate surface area is 67.9 Å². The van der Waals surface area contributed by atoms with E-state index in [1.807, 2.05) is 6.92 Å². The van der Waals surface area contributed by atoms with E-state index in [-0.39, 0.29) is 49.8 Å². The van der Waals surface area contributed by atoms with Gasteiger partial charge in [-0.1, -0.05) is 13.3 Å². The van der Waals surface area contributed by atoms with Crippen LogP contribution in [0.1, 0.15) is 13.3 Å². The average Bonchev–Trinajstić information content (AvgIpc) is 1.37. The molecule has 0 amide bonds. The van der Waals surface area contributed by atoms with Gasteiger partial charge in [-0.05, 0) is 0 Å². The SMILES string of the molecule is CCC[O-].[Ca+2].[OH-]. The van der Waals surface area contributed by atoms with E-state index in [0.717, 1.165) is 6.42 Å². The second-order valence-corrected chi connectivity index (χ2v) is 0.704. The van der Waals surface area contributed by atoms with Crippen LogP contribution in [0.4, 0.5) is 0 Å². The van der Waals surface area contributed by atoms with E-state index in [1.54, 1.807) is 0 Å². The molecule has 0 aliphatic rings. The molecule has 0 saturated heterocycles. The number of rotatable bonds is 1. The van der Waals surface area contributed by atoms with Gasteiger partial charge in [-0.15, -0.1) is 6.61 Å². The summed E-state index contributed by atoms with van der Waals surface area (Å²) in [7, 11) is 0. The van der Waals surface area contributed by atoms with Gasteiger partial charge in [0.2, 0.25) is 0 Å². The van der Waals surface area contributed by atoms with E-state index in [2.05, 4.69) is 0 Å². The molecule has 0 bridgehead atoms. The zero-order chi connectivity index (χ0) is 3.41. The molecule has 0 aliphatic carbocycles. The molecule has 0 unspecified atom stereocenters. The van der Waals surface area contributed by atoms with E-state index in [0.29, 0.717) is 0 Å². The molecule has 0 aromatic carbocycles. The van der Waals surface area contributed by atoms with Crippen molar-refractivity contribution in [2.75, 3.05) is 6.61 Å². The summed E-state index contributed by atoms with van der Waals surface area (Å²) < 4.78 is 0. The van der Waals surface area contributed by atoms with Crippen molar-refractivity contribution >= 4 is 37.7 Å². The Morgan fingerprint density at radius 1 is 1.50 bits per heavy atom. The molecule has 0 aromatic rings. The van der Waals surface area contributed by atoms with Gasteiger partial charge in [-0.3, -0.25) is 0 Å². The van der Waals surface area contributed by atoms with Crippen molar-refractivity contribution in [3.05, 3.63) is 0 Å². The predicted molar refractivity (Wildman–Crippen MR) is 22.8 cm³/mol. The maximum Gasteiger partial charge on any atom is 2.00 e. The molecule has 0 spiro atoms. The predicted octanol–water partition coefficient (Wildman–Crippen LogP) is -0.801. The average molecular weight is 116 g/mol. The van der Waals surface area contributed by atoms with Crippen LogP contribution >= 0.6 is 0 Å². The molecule has 1 N–H and O–H groups in total. The van der Waals surface area contributed by atoms with Crippen LogP contribution in [0.3, 0.4) is 0 Å². The van der Waals surface area contributed by atoms with Crippen molar-refractivity contribution in [2.45, 2.75) is 13.3 Å². The van der Waals surface area contributed by atoms with Crippen molar-refractivity contribution in [2.24, 2.45) is 0 Å². The second kappa shape index (κ2) is 16.4. The zero-order valence-electron chi connectivity index (χ0n) is 3.98. The summed E-state index contributed by atoms with van der Waals surface area (Å²) >= 11 is 0. The monoisotopic (exact) mass is 116 g/mol. The van der Waals surface area contributed by atoms with Crippen LogP contribution in [0.2, 0.25) is 0 Å². The van der Waals surface area contributed by atoms with E-state index >= 15 is 0 Å². The normalized spacial score (nSPS) is 5.00. The number of hydrogen-bond donors (Lipinski definition) is 0. The molecule has 0 fully saturated rings. The van der Waals surface area contributed by atoms with E-state index in [4.69, 9.17) is 0 Å². The van der Waals surface area contributed by atoms with Gasteiger partial charge in [-0.2, -0.15) is 0 Å². The molecule has 0 saturated carbocycles. The van der Waals surface area contributed by atoms with Crippen molar-refractivity contribution in [3.8, 4) is 0 Å². The minimum absolute atomic E-state index is 0. The Morgan fingerprint density at radius 3 is 1.67 bits per heavy atom.